The van der Waals surface area contributed by atoms with Gasteiger partial charge in [-0.1, -0.05) is 17.7 Å². The fourth-order valence-corrected chi connectivity index (χ4v) is 2.41. The second-order valence-electron chi connectivity index (χ2n) is 5.34. The third-order valence-corrected chi connectivity index (χ3v) is 3.62. The highest BCUT2D eigenvalue weighted by atomic mass is 35.5. The summed E-state index contributed by atoms with van der Waals surface area (Å²) < 4.78 is 10.9. The van der Waals surface area contributed by atoms with Crippen molar-refractivity contribution in [2.24, 2.45) is 0 Å². The number of carbonyl (C=O) groups is 1. The number of aryl methyl sites for hydroxylation is 2. The average molecular weight is 349 g/mol. The van der Waals surface area contributed by atoms with E-state index in [2.05, 4.69) is 10.6 Å². The van der Waals surface area contributed by atoms with E-state index in [4.69, 9.17) is 21.1 Å². The molecule has 0 aliphatic carbocycles. The van der Waals surface area contributed by atoms with Crippen LogP contribution in [0.1, 0.15) is 11.1 Å². The molecule has 0 bridgehead atoms. The van der Waals surface area contributed by atoms with E-state index in [-0.39, 0.29) is 6.03 Å². The number of nitrogens with one attached hydrogen (secondary N) is 2. The first-order chi connectivity index (χ1) is 11.5. The van der Waals surface area contributed by atoms with Crippen LogP contribution in [0.4, 0.5) is 10.5 Å². The van der Waals surface area contributed by atoms with Gasteiger partial charge in [0.1, 0.15) is 18.1 Å². The topological polar surface area (TPSA) is 59.6 Å². The summed E-state index contributed by atoms with van der Waals surface area (Å²) in [6.45, 7) is 4.61. The molecule has 6 heteroatoms. The molecule has 2 N–H and O–H groups in total. The maximum Gasteiger partial charge on any atom is 0.319 e. The molecule has 0 saturated carbocycles. The summed E-state index contributed by atoms with van der Waals surface area (Å²) in [7, 11) is 1.57. The molecule has 2 amide bonds. The van der Waals surface area contributed by atoms with E-state index in [1.807, 2.05) is 44.2 Å². The monoisotopic (exact) mass is 348 g/mol. The number of hydrogen-bond donors (Lipinski definition) is 2. The van der Waals surface area contributed by atoms with Gasteiger partial charge in [0.2, 0.25) is 0 Å². The van der Waals surface area contributed by atoms with E-state index in [9.17, 15) is 4.79 Å². The molecular formula is C18H21ClN2O3. The Morgan fingerprint density at radius 1 is 1.12 bits per heavy atom. The zero-order valence-corrected chi connectivity index (χ0v) is 14.7. The first-order valence-corrected chi connectivity index (χ1v) is 7.96. The van der Waals surface area contributed by atoms with Crippen LogP contribution in [-0.4, -0.2) is 26.3 Å². The molecule has 2 aromatic carbocycles. The van der Waals surface area contributed by atoms with Crippen molar-refractivity contribution in [3.63, 3.8) is 0 Å². The summed E-state index contributed by atoms with van der Waals surface area (Å²) in [6, 6.07) is 10.7. The zero-order chi connectivity index (χ0) is 17.5. The van der Waals surface area contributed by atoms with Crippen molar-refractivity contribution in [1.82, 2.24) is 5.32 Å². The molecule has 5 nitrogen and oxygen atoms in total. The first-order valence-electron chi connectivity index (χ1n) is 7.58. The van der Waals surface area contributed by atoms with Gasteiger partial charge in [-0.25, -0.2) is 4.79 Å². The molecule has 0 atom stereocenters. The van der Waals surface area contributed by atoms with Crippen LogP contribution in [0.5, 0.6) is 11.5 Å². The molecule has 0 fully saturated rings. The minimum Gasteiger partial charge on any atom is -0.495 e. The van der Waals surface area contributed by atoms with Crippen LogP contribution in [0.25, 0.3) is 0 Å². The Hall–Kier alpha value is -2.40. The summed E-state index contributed by atoms with van der Waals surface area (Å²) in [5.74, 6) is 1.37. The molecule has 0 aliphatic rings. The van der Waals surface area contributed by atoms with E-state index in [0.717, 1.165) is 16.9 Å². The Morgan fingerprint density at radius 2 is 1.88 bits per heavy atom. The van der Waals surface area contributed by atoms with Crippen molar-refractivity contribution in [3.05, 3.63) is 52.5 Å². The summed E-state index contributed by atoms with van der Waals surface area (Å²) in [5, 5.41) is 6.19. The van der Waals surface area contributed by atoms with Crippen LogP contribution >= 0.6 is 11.6 Å². The Labute approximate surface area is 146 Å². The van der Waals surface area contributed by atoms with Crippen molar-refractivity contribution in [1.29, 1.82) is 0 Å². The van der Waals surface area contributed by atoms with E-state index in [1.54, 1.807) is 13.2 Å². The van der Waals surface area contributed by atoms with Gasteiger partial charge >= 0.3 is 6.03 Å². The highest BCUT2D eigenvalue weighted by Gasteiger charge is 2.07. The fourth-order valence-electron chi connectivity index (χ4n) is 2.19. The van der Waals surface area contributed by atoms with Crippen LogP contribution < -0.4 is 20.1 Å². The van der Waals surface area contributed by atoms with E-state index >= 15 is 0 Å². The number of benzene rings is 2. The van der Waals surface area contributed by atoms with Gasteiger partial charge in [0.05, 0.1) is 19.3 Å². The van der Waals surface area contributed by atoms with Crippen LogP contribution in [0.15, 0.2) is 36.4 Å². The SMILES string of the molecule is COc1ccc(C)cc1NC(=O)NCCOc1ccc(Cl)cc1C. The van der Waals surface area contributed by atoms with Gasteiger partial charge in [0.15, 0.2) is 0 Å². The second-order valence-corrected chi connectivity index (χ2v) is 5.78. The molecular weight excluding hydrogens is 328 g/mol. The Bertz CT molecular complexity index is 719. The second kappa shape index (κ2) is 8.45. The van der Waals surface area contributed by atoms with Gasteiger partial charge in [-0.15, -0.1) is 0 Å². The number of urea groups is 1. The molecule has 2 rings (SSSR count). The number of ether oxygens (including phenoxy) is 2. The highest BCUT2D eigenvalue weighted by molar-refractivity contribution is 6.30. The lowest BCUT2D eigenvalue weighted by atomic mass is 10.2. The van der Waals surface area contributed by atoms with Crippen molar-refractivity contribution < 1.29 is 14.3 Å². The number of rotatable bonds is 6. The Kier molecular flexibility index (Phi) is 6.32. The smallest absolute Gasteiger partial charge is 0.319 e. The fraction of sp³-hybridized carbons (Fsp3) is 0.278. The van der Waals surface area contributed by atoms with Gasteiger partial charge in [-0.3, -0.25) is 0 Å². The summed E-state index contributed by atoms with van der Waals surface area (Å²) in [5.41, 5.74) is 2.62. The molecule has 0 radical (unpaired) electrons. The van der Waals surface area contributed by atoms with Crippen molar-refractivity contribution >= 4 is 23.3 Å². The van der Waals surface area contributed by atoms with Gasteiger partial charge in [0.25, 0.3) is 0 Å². The molecule has 2 aromatic rings. The van der Waals surface area contributed by atoms with E-state index < -0.39 is 0 Å². The number of halogens is 1. The molecule has 24 heavy (non-hydrogen) atoms. The predicted octanol–water partition coefficient (Wildman–Crippen LogP) is 4.17. The summed E-state index contributed by atoms with van der Waals surface area (Å²) >= 11 is 5.90. The third-order valence-electron chi connectivity index (χ3n) is 3.39. The maximum atomic E-state index is 12.0. The summed E-state index contributed by atoms with van der Waals surface area (Å²) in [4.78, 5) is 12.0. The molecule has 128 valence electrons. The van der Waals surface area contributed by atoms with Crippen molar-refractivity contribution in [3.8, 4) is 11.5 Å². The molecule has 0 heterocycles. The Morgan fingerprint density at radius 3 is 2.58 bits per heavy atom. The number of methoxy groups -OCH3 is 1. The average Bonchev–Trinajstić information content (AvgIpc) is 2.53. The van der Waals surface area contributed by atoms with Crippen molar-refractivity contribution in [2.75, 3.05) is 25.6 Å². The van der Waals surface area contributed by atoms with Crippen LogP contribution in [-0.2, 0) is 0 Å². The van der Waals surface area contributed by atoms with Crippen LogP contribution in [0.2, 0.25) is 5.02 Å². The normalized spacial score (nSPS) is 10.2. The number of amides is 2. The van der Waals surface area contributed by atoms with Crippen LogP contribution in [0, 0.1) is 13.8 Å². The van der Waals surface area contributed by atoms with E-state index in [1.165, 1.54) is 0 Å². The predicted molar refractivity (Wildman–Crippen MR) is 96.4 cm³/mol. The quantitative estimate of drug-likeness (QED) is 0.770. The lowest BCUT2D eigenvalue weighted by Gasteiger charge is -2.13. The molecule has 0 saturated heterocycles. The first kappa shape index (κ1) is 17.9. The van der Waals surface area contributed by atoms with Gasteiger partial charge in [-0.05, 0) is 55.3 Å². The number of anilines is 1. The third kappa shape index (κ3) is 5.06. The van der Waals surface area contributed by atoms with E-state index in [0.29, 0.717) is 29.6 Å². The largest absolute Gasteiger partial charge is 0.495 e. The Balaban J connectivity index is 1.80. The maximum absolute atomic E-state index is 12.0. The molecule has 0 unspecified atom stereocenters. The van der Waals surface area contributed by atoms with Gasteiger partial charge in [0, 0.05) is 5.02 Å². The minimum atomic E-state index is -0.310. The van der Waals surface area contributed by atoms with Crippen molar-refractivity contribution in [2.45, 2.75) is 13.8 Å². The molecule has 0 aliphatic heterocycles. The van der Waals surface area contributed by atoms with Gasteiger partial charge in [-0.2, -0.15) is 0 Å². The number of carbonyl (C=O) groups excluding carboxylic acids is 1. The lowest BCUT2D eigenvalue weighted by molar-refractivity contribution is 0.247. The summed E-state index contributed by atoms with van der Waals surface area (Å²) in [6.07, 6.45) is 0. The van der Waals surface area contributed by atoms with Crippen LogP contribution in [0.3, 0.4) is 0 Å². The number of hydrogen-bond acceptors (Lipinski definition) is 3. The zero-order valence-electron chi connectivity index (χ0n) is 14.0. The molecule has 0 spiro atoms. The highest BCUT2D eigenvalue weighted by Crippen LogP contribution is 2.25. The standard InChI is InChI=1S/C18H21ClN2O3/c1-12-4-6-17(23-3)15(10-12)21-18(22)20-8-9-24-16-7-5-14(19)11-13(16)2/h4-7,10-11H,8-9H2,1-3H3,(H2,20,21,22). The van der Waals surface area contributed by atoms with Gasteiger partial charge < -0.3 is 20.1 Å². The minimum absolute atomic E-state index is 0.310. The molecule has 0 aromatic heterocycles. The lowest BCUT2D eigenvalue weighted by Crippen LogP contribution is -2.32.